The van der Waals surface area contributed by atoms with Crippen LogP contribution in [0.4, 0.5) is 10.1 Å². The van der Waals surface area contributed by atoms with Gasteiger partial charge in [-0.15, -0.1) is 11.3 Å². The summed E-state index contributed by atoms with van der Waals surface area (Å²) >= 11 is 7.22. The largest absolute Gasteiger partial charge is 0.383 e. The van der Waals surface area contributed by atoms with Crippen LogP contribution >= 0.6 is 22.9 Å². The average Bonchev–Trinajstić information content (AvgIpc) is 3.39. The minimum Gasteiger partial charge on any atom is -0.383 e. The summed E-state index contributed by atoms with van der Waals surface area (Å²) in [5, 5.41) is 1.11. The molecule has 0 bridgehead atoms. The minimum absolute atomic E-state index is 0.00292. The van der Waals surface area contributed by atoms with Gasteiger partial charge in [0, 0.05) is 44.7 Å². The lowest BCUT2D eigenvalue weighted by Gasteiger charge is -2.26. The highest BCUT2D eigenvalue weighted by molar-refractivity contribution is 7.92. The van der Waals surface area contributed by atoms with Crippen LogP contribution in [-0.2, 0) is 19.6 Å². The van der Waals surface area contributed by atoms with Gasteiger partial charge in [0.05, 0.1) is 22.0 Å². The first kappa shape index (κ1) is 27.3. The van der Waals surface area contributed by atoms with E-state index in [4.69, 9.17) is 16.3 Å². The molecular formula is C23H27ClFN3O5S2. The van der Waals surface area contributed by atoms with Crippen LogP contribution in [0, 0.1) is 5.82 Å². The van der Waals surface area contributed by atoms with Gasteiger partial charge in [-0.2, -0.15) is 4.31 Å². The van der Waals surface area contributed by atoms with Gasteiger partial charge in [-0.25, -0.2) is 12.8 Å². The summed E-state index contributed by atoms with van der Waals surface area (Å²) in [7, 11) is 0.523. The Morgan fingerprint density at radius 2 is 2.03 bits per heavy atom. The summed E-state index contributed by atoms with van der Waals surface area (Å²) in [6.45, 7) is 1.82. The zero-order chi connectivity index (χ0) is 25.9. The Labute approximate surface area is 213 Å². The van der Waals surface area contributed by atoms with Crippen LogP contribution in [-0.4, -0.2) is 76.4 Å². The van der Waals surface area contributed by atoms with Gasteiger partial charge < -0.3 is 14.5 Å². The van der Waals surface area contributed by atoms with Crippen LogP contribution in [0.2, 0.25) is 4.34 Å². The lowest BCUT2D eigenvalue weighted by Crippen LogP contribution is -2.46. The number of methoxy groups -OCH3 is 1. The van der Waals surface area contributed by atoms with Crippen molar-refractivity contribution in [1.29, 1.82) is 0 Å². The van der Waals surface area contributed by atoms with Crippen LogP contribution in [0.1, 0.15) is 28.6 Å². The number of hydrogen-bond donors (Lipinski definition) is 0. The molecule has 1 fully saturated rings. The van der Waals surface area contributed by atoms with Crippen molar-refractivity contribution in [2.45, 2.75) is 19.4 Å². The molecule has 2 heterocycles. The molecule has 0 saturated carbocycles. The van der Waals surface area contributed by atoms with Crippen molar-refractivity contribution in [2.75, 3.05) is 45.8 Å². The van der Waals surface area contributed by atoms with Crippen molar-refractivity contribution in [3.05, 3.63) is 56.3 Å². The maximum absolute atomic E-state index is 14.9. The molecule has 190 valence electrons. The third-order valence-electron chi connectivity index (χ3n) is 5.55. The molecule has 1 atom stereocenters. The minimum atomic E-state index is -4.03. The number of ether oxygens (including phenoxy) is 1. The molecule has 0 radical (unpaired) electrons. The van der Waals surface area contributed by atoms with Crippen LogP contribution in [0.5, 0.6) is 0 Å². The van der Waals surface area contributed by atoms with Crippen LogP contribution < -0.4 is 4.90 Å². The number of thiophene rings is 1. The van der Waals surface area contributed by atoms with Gasteiger partial charge in [0.25, 0.3) is 5.91 Å². The Hall–Kier alpha value is -2.31. The van der Waals surface area contributed by atoms with Crippen LogP contribution in [0.3, 0.4) is 0 Å². The lowest BCUT2D eigenvalue weighted by molar-refractivity contribution is -0.120. The first-order valence-electron chi connectivity index (χ1n) is 10.7. The molecule has 35 heavy (non-hydrogen) atoms. The van der Waals surface area contributed by atoms with Gasteiger partial charge in [-0.3, -0.25) is 9.59 Å². The van der Waals surface area contributed by atoms with E-state index < -0.39 is 27.8 Å². The number of anilines is 1. The molecule has 1 aliphatic heterocycles. The number of benzene rings is 1. The fraction of sp³-hybridized carbons (Fsp3) is 0.391. The second kappa shape index (κ2) is 11.2. The van der Waals surface area contributed by atoms with Crippen molar-refractivity contribution in [3.8, 4) is 0 Å². The first-order chi connectivity index (χ1) is 16.5. The number of allylic oxidation sites excluding steroid dienone is 1. The molecule has 0 aliphatic carbocycles. The second-order valence-corrected chi connectivity index (χ2v) is 11.7. The number of carbonyl (C=O) groups excluding carboxylic acids is 2. The fourth-order valence-electron chi connectivity index (χ4n) is 3.81. The molecule has 8 nitrogen and oxygen atoms in total. The van der Waals surface area contributed by atoms with Gasteiger partial charge in [-0.05, 0) is 49.2 Å². The standard InChI is InChI=1S/C23H27ClFN3O5S2/c1-15(20-7-8-21(24)34-20)14-35(31,32)28(11-12-33-4)19-9-10-27(23(19)30)18-6-5-16(13-17(18)25)22(29)26(2)3/h5-8,13-14,19H,9-12H2,1-4H3/b15-14+/t19-/m0/s1. The fourth-order valence-corrected chi connectivity index (χ4v) is 6.48. The number of sulfonamides is 1. The third kappa shape index (κ3) is 6.10. The number of amides is 2. The van der Waals surface area contributed by atoms with E-state index in [1.165, 1.54) is 40.4 Å². The van der Waals surface area contributed by atoms with Crippen molar-refractivity contribution in [2.24, 2.45) is 0 Å². The summed E-state index contributed by atoms with van der Waals surface area (Å²) in [6, 6.07) is 6.27. The molecular weight excluding hydrogens is 517 g/mol. The molecule has 2 aromatic rings. The molecule has 0 N–H and O–H groups in total. The summed E-state index contributed by atoms with van der Waals surface area (Å²) in [4.78, 5) is 28.6. The molecule has 2 amide bonds. The van der Waals surface area contributed by atoms with Gasteiger partial charge in [-0.1, -0.05) is 11.6 Å². The van der Waals surface area contributed by atoms with E-state index in [1.807, 2.05) is 0 Å². The van der Waals surface area contributed by atoms with Gasteiger partial charge >= 0.3 is 0 Å². The van der Waals surface area contributed by atoms with E-state index in [0.717, 1.165) is 15.8 Å². The Morgan fingerprint density at radius 3 is 2.60 bits per heavy atom. The molecule has 1 aliphatic rings. The van der Waals surface area contributed by atoms with Crippen LogP contribution in [0.25, 0.3) is 5.57 Å². The number of halogens is 2. The topological polar surface area (TPSA) is 87.2 Å². The zero-order valence-corrected chi connectivity index (χ0v) is 22.2. The van der Waals surface area contributed by atoms with Crippen molar-refractivity contribution in [1.82, 2.24) is 9.21 Å². The molecule has 12 heteroatoms. The average molecular weight is 544 g/mol. The normalized spacial score (nSPS) is 16.9. The van der Waals surface area contributed by atoms with E-state index in [0.29, 0.717) is 14.8 Å². The zero-order valence-electron chi connectivity index (χ0n) is 19.8. The maximum Gasteiger partial charge on any atom is 0.253 e. The molecule has 1 aromatic carbocycles. The van der Waals surface area contributed by atoms with Gasteiger partial charge in [0.1, 0.15) is 11.9 Å². The number of carbonyl (C=O) groups is 2. The van der Waals surface area contributed by atoms with Crippen LogP contribution in [0.15, 0.2) is 35.7 Å². The summed E-state index contributed by atoms with van der Waals surface area (Å²) in [6.07, 6.45) is 0.178. The first-order valence-corrected chi connectivity index (χ1v) is 13.4. The monoisotopic (exact) mass is 543 g/mol. The molecule has 0 unspecified atom stereocenters. The molecule has 0 spiro atoms. The van der Waals surface area contributed by atoms with E-state index in [1.54, 1.807) is 33.2 Å². The van der Waals surface area contributed by atoms with E-state index in [2.05, 4.69) is 0 Å². The number of hydrogen-bond acceptors (Lipinski definition) is 6. The van der Waals surface area contributed by atoms with Crippen molar-refractivity contribution in [3.63, 3.8) is 0 Å². The Balaban J connectivity index is 1.89. The second-order valence-electron chi connectivity index (χ2n) is 8.21. The highest BCUT2D eigenvalue weighted by Gasteiger charge is 2.42. The predicted molar refractivity (Wildman–Crippen MR) is 136 cm³/mol. The smallest absolute Gasteiger partial charge is 0.253 e. The quantitative estimate of drug-likeness (QED) is 0.481. The Morgan fingerprint density at radius 1 is 1.31 bits per heavy atom. The number of nitrogens with zero attached hydrogens (tertiary/aromatic N) is 3. The maximum atomic E-state index is 14.9. The van der Waals surface area contributed by atoms with Crippen molar-refractivity contribution >= 4 is 56.0 Å². The Kier molecular flexibility index (Phi) is 8.71. The van der Waals surface area contributed by atoms with E-state index >= 15 is 0 Å². The summed E-state index contributed by atoms with van der Waals surface area (Å²) in [5.74, 6) is -1.64. The lowest BCUT2D eigenvalue weighted by atomic mass is 10.1. The van der Waals surface area contributed by atoms with Gasteiger partial charge in [0.2, 0.25) is 15.9 Å². The van der Waals surface area contributed by atoms with E-state index in [9.17, 15) is 22.4 Å². The SMILES string of the molecule is COCCN([C@H]1CCN(c2ccc(C(=O)N(C)C)cc2F)C1=O)S(=O)(=O)/C=C(\C)c1ccc(Cl)s1. The highest BCUT2D eigenvalue weighted by Crippen LogP contribution is 2.31. The highest BCUT2D eigenvalue weighted by atomic mass is 35.5. The summed E-state index contributed by atoms with van der Waals surface area (Å²) in [5.41, 5.74) is 0.633. The Bertz CT molecular complexity index is 1250. The predicted octanol–water partition coefficient (Wildman–Crippen LogP) is 3.69. The number of rotatable bonds is 9. The molecule has 1 aromatic heterocycles. The molecule has 1 saturated heterocycles. The third-order valence-corrected chi connectivity index (χ3v) is 8.66. The van der Waals surface area contributed by atoms with Crippen molar-refractivity contribution < 1.29 is 27.1 Å². The molecule has 3 rings (SSSR count). The summed E-state index contributed by atoms with van der Waals surface area (Å²) < 4.78 is 48.3. The van der Waals surface area contributed by atoms with Gasteiger partial charge in [0.15, 0.2) is 0 Å². The van der Waals surface area contributed by atoms with E-state index in [-0.39, 0.29) is 43.3 Å².